The molecule has 0 bridgehead atoms. The van der Waals surface area contributed by atoms with Crippen molar-refractivity contribution in [2.75, 3.05) is 23.3 Å². The number of anilines is 2. The minimum Gasteiger partial charge on any atom is -0.507 e. The number of nitrogens with zero attached hydrogens (tertiary/aromatic N) is 2. The van der Waals surface area contributed by atoms with E-state index < -0.39 is 11.7 Å². The fourth-order valence-corrected chi connectivity index (χ4v) is 3.69. The van der Waals surface area contributed by atoms with Gasteiger partial charge in [0, 0.05) is 35.6 Å². The Balaban J connectivity index is 0.00000240. The molecule has 1 amide bonds. The van der Waals surface area contributed by atoms with Crippen LogP contribution in [0, 0.1) is 12.7 Å². The molecule has 1 aromatic carbocycles. The topological polar surface area (TPSA) is 65.5 Å². The van der Waals surface area contributed by atoms with Crippen LogP contribution in [0.5, 0.6) is 0 Å². The maximum absolute atomic E-state index is 14.1. The Morgan fingerprint density at radius 2 is 1.86 bits per heavy atom. The number of aromatic nitrogens is 1. The van der Waals surface area contributed by atoms with E-state index in [1.165, 1.54) is 12.1 Å². The zero-order valence-electron chi connectivity index (χ0n) is 16.0. The second-order valence-electron chi connectivity index (χ2n) is 7.51. The maximum atomic E-state index is 14.1. The molecule has 0 radical (unpaired) electrons. The molecule has 1 aromatic heterocycles. The number of hydrogen-bond donors (Lipinski definition) is 2. The van der Waals surface area contributed by atoms with Crippen LogP contribution in [0.25, 0.3) is 5.76 Å². The lowest BCUT2D eigenvalue weighted by molar-refractivity contribution is 0.102. The Morgan fingerprint density at radius 3 is 2.52 bits per heavy atom. The van der Waals surface area contributed by atoms with Crippen molar-refractivity contribution >= 4 is 23.0 Å². The number of pyridine rings is 1. The van der Waals surface area contributed by atoms with Crippen molar-refractivity contribution in [3.63, 3.8) is 0 Å². The van der Waals surface area contributed by atoms with Crippen molar-refractivity contribution < 1.29 is 14.3 Å². The Morgan fingerprint density at radius 1 is 1.14 bits per heavy atom. The first-order chi connectivity index (χ1) is 13.5. The van der Waals surface area contributed by atoms with Gasteiger partial charge in [0.25, 0.3) is 5.91 Å². The van der Waals surface area contributed by atoms with Crippen LogP contribution in [0.1, 0.15) is 61.1 Å². The number of amides is 1. The molecule has 29 heavy (non-hydrogen) atoms. The largest absolute Gasteiger partial charge is 0.507 e. The van der Waals surface area contributed by atoms with E-state index in [9.17, 15) is 14.3 Å². The summed E-state index contributed by atoms with van der Waals surface area (Å²) in [5.41, 5.74) is 3.84. The van der Waals surface area contributed by atoms with E-state index >= 15 is 0 Å². The van der Waals surface area contributed by atoms with Gasteiger partial charge in [-0.3, -0.25) is 9.78 Å². The number of rotatable bonds is 4. The molecule has 0 atom stereocenters. The molecule has 154 valence electrons. The summed E-state index contributed by atoms with van der Waals surface area (Å²) in [5.74, 6) is -0.564. The number of hydrogen-bond acceptors (Lipinski definition) is 4. The number of carbonyl (C=O) groups excluding carboxylic acids is 1. The maximum Gasteiger partial charge on any atom is 0.255 e. The highest BCUT2D eigenvalue weighted by atomic mass is 19.1. The van der Waals surface area contributed by atoms with Gasteiger partial charge in [0.05, 0.1) is 11.9 Å². The third-order valence-corrected chi connectivity index (χ3v) is 5.51. The molecule has 2 fully saturated rings. The van der Waals surface area contributed by atoms with Gasteiger partial charge in [-0.25, -0.2) is 4.39 Å². The summed E-state index contributed by atoms with van der Waals surface area (Å²) in [4.78, 5) is 19.1. The fourth-order valence-electron chi connectivity index (χ4n) is 3.69. The number of aliphatic hydroxyl groups excluding tert-OH is 1. The highest BCUT2D eigenvalue weighted by Crippen LogP contribution is 2.33. The summed E-state index contributed by atoms with van der Waals surface area (Å²) in [6, 6.07) is 6.16. The molecule has 1 saturated carbocycles. The lowest BCUT2D eigenvalue weighted by Gasteiger charge is -2.20. The van der Waals surface area contributed by atoms with Gasteiger partial charge >= 0.3 is 0 Å². The van der Waals surface area contributed by atoms with Crippen LogP contribution >= 0.6 is 0 Å². The highest BCUT2D eigenvalue weighted by Gasteiger charge is 2.19. The van der Waals surface area contributed by atoms with Crippen molar-refractivity contribution in [1.82, 2.24) is 4.98 Å². The summed E-state index contributed by atoms with van der Waals surface area (Å²) in [5, 5.41) is 13.2. The molecule has 2 heterocycles. The highest BCUT2D eigenvalue weighted by molar-refractivity contribution is 6.05. The van der Waals surface area contributed by atoms with E-state index in [0.29, 0.717) is 16.9 Å². The number of benzene rings is 1. The average molecular weight is 397 g/mol. The molecule has 0 unspecified atom stereocenters. The molecule has 2 N–H and O–H groups in total. The normalized spacial score (nSPS) is 15.5. The van der Waals surface area contributed by atoms with Crippen LogP contribution in [0.4, 0.5) is 15.8 Å². The average Bonchev–Trinajstić information content (AvgIpc) is 3.16. The van der Waals surface area contributed by atoms with Gasteiger partial charge in [-0.2, -0.15) is 0 Å². The third kappa shape index (κ3) is 4.42. The van der Waals surface area contributed by atoms with Crippen molar-refractivity contribution in [3.8, 4) is 0 Å². The third-order valence-electron chi connectivity index (χ3n) is 5.51. The smallest absolute Gasteiger partial charge is 0.255 e. The van der Waals surface area contributed by atoms with Gasteiger partial charge in [-0.1, -0.05) is 7.43 Å². The Kier molecular flexibility index (Phi) is 6.20. The summed E-state index contributed by atoms with van der Waals surface area (Å²) in [6.07, 6.45) is 6.58. The molecule has 1 aliphatic heterocycles. The van der Waals surface area contributed by atoms with Crippen molar-refractivity contribution in [3.05, 3.63) is 58.7 Å². The Labute approximate surface area is 171 Å². The molecule has 1 aliphatic carbocycles. The predicted octanol–water partition coefficient (Wildman–Crippen LogP) is 5.47. The number of aliphatic hydroxyl groups is 1. The minimum absolute atomic E-state index is 0. The van der Waals surface area contributed by atoms with Crippen LogP contribution in [0.2, 0.25) is 0 Å². The quantitative estimate of drug-likeness (QED) is 0.672. The Hall–Kier alpha value is -2.89. The first-order valence-corrected chi connectivity index (χ1v) is 9.76. The number of halogens is 1. The molecule has 2 aromatic rings. The SMILES string of the molecule is C.Cc1ncc(NC(=O)c2cc(F)cc(N3CCCC3)c2)cc1C(O)=C1CCC1. The van der Waals surface area contributed by atoms with Gasteiger partial charge in [-0.05, 0) is 68.9 Å². The first kappa shape index (κ1) is 20.8. The van der Waals surface area contributed by atoms with Crippen molar-refractivity contribution in [2.45, 2.75) is 46.5 Å². The number of nitrogens with one attached hydrogen (secondary N) is 1. The summed E-state index contributed by atoms with van der Waals surface area (Å²) >= 11 is 0. The van der Waals surface area contributed by atoms with Crippen LogP contribution in [-0.4, -0.2) is 29.1 Å². The molecule has 1 saturated heterocycles. The molecule has 0 spiro atoms. The van der Waals surface area contributed by atoms with Crippen LogP contribution in [0.15, 0.2) is 36.0 Å². The molecular formula is C23H28FN3O2. The lowest BCUT2D eigenvalue weighted by atomic mass is 9.89. The zero-order chi connectivity index (χ0) is 19.7. The minimum atomic E-state index is -0.426. The van der Waals surface area contributed by atoms with E-state index in [0.717, 1.165) is 56.5 Å². The van der Waals surface area contributed by atoms with E-state index in [2.05, 4.69) is 15.2 Å². The van der Waals surface area contributed by atoms with Gasteiger partial charge < -0.3 is 15.3 Å². The molecule has 2 aliphatic rings. The van der Waals surface area contributed by atoms with Crippen LogP contribution in [-0.2, 0) is 0 Å². The van der Waals surface area contributed by atoms with E-state index in [1.807, 2.05) is 6.92 Å². The predicted molar refractivity (Wildman–Crippen MR) is 115 cm³/mol. The van der Waals surface area contributed by atoms with Crippen molar-refractivity contribution in [2.24, 2.45) is 0 Å². The number of aryl methyl sites for hydroxylation is 1. The lowest BCUT2D eigenvalue weighted by Crippen LogP contribution is -2.19. The zero-order valence-corrected chi connectivity index (χ0v) is 16.0. The van der Waals surface area contributed by atoms with Gasteiger partial charge in [-0.15, -0.1) is 0 Å². The molecular weight excluding hydrogens is 369 g/mol. The van der Waals surface area contributed by atoms with Gasteiger partial charge in [0.15, 0.2) is 0 Å². The molecule has 5 nitrogen and oxygen atoms in total. The standard InChI is InChI=1S/C22H24FN3O2.CH4/c1-14-20(21(27)15-5-4-6-15)12-18(13-24-14)25-22(28)16-9-17(23)11-19(10-16)26-7-2-3-8-26;/h9-13,27H,2-8H2,1H3,(H,25,28);1H4. The van der Waals surface area contributed by atoms with Crippen LogP contribution < -0.4 is 10.2 Å². The summed E-state index contributed by atoms with van der Waals surface area (Å²) < 4.78 is 14.1. The monoisotopic (exact) mass is 397 g/mol. The van der Waals surface area contributed by atoms with Crippen molar-refractivity contribution in [1.29, 1.82) is 0 Å². The molecule has 4 rings (SSSR count). The Bertz CT molecular complexity index is 943. The summed E-state index contributed by atoms with van der Waals surface area (Å²) in [6.45, 7) is 3.58. The van der Waals surface area contributed by atoms with E-state index in [-0.39, 0.29) is 18.7 Å². The van der Waals surface area contributed by atoms with Crippen LogP contribution in [0.3, 0.4) is 0 Å². The number of carbonyl (C=O) groups is 1. The van der Waals surface area contributed by atoms with Gasteiger partial charge in [0.1, 0.15) is 11.6 Å². The second kappa shape index (κ2) is 8.64. The summed E-state index contributed by atoms with van der Waals surface area (Å²) in [7, 11) is 0. The molecule has 6 heteroatoms. The van der Waals surface area contributed by atoms with E-state index in [4.69, 9.17) is 0 Å². The first-order valence-electron chi connectivity index (χ1n) is 9.76. The second-order valence-corrected chi connectivity index (χ2v) is 7.51. The van der Waals surface area contributed by atoms with E-state index in [1.54, 1.807) is 18.3 Å². The van der Waals surface area contributed by atoms with Gasteiger partial charge in [0.2, 0.25) is 0 Å². The fraction of sp³-hybridized carbons (Fsp3) is 0.391. The number of allylic oxidation sites excluding steroid dienone is 1.